The quantitative estimate of drug-likeness (QED) is 0.236. The summed E-state index contributed by atoms with van der Waals surface area (Å²) in [5.41, 5.74) is 5.84. The summed E-state index contributed by atoms with van der Waals surface area (Å²) in [4.78, 5) is 26.5. The van der Waals surface area contributed by atoms with Gasteiger partial charge in [0, 0.05) is 0 Å². The van der Waals surface area contributed by atoms with Gasteiger partial charge in [0.15, 0.2) is 0 Å². The molecule has 0 bridgehead atoms. The fourth-order valence-corrected chi connectivity index (χ4v) is 12.7. The number of ether oxygens (including phenoxy) is 2. The maximum atomic E-state index is 14.4. The molecular weight excluding hydrogens is 604 g/mol. The third-order valence-corrected chi connectivity index (χ3v) is 15.8. The van der Waals surface area contributed by atoms with Crippen molar-refractivity contribution in [2.75, 3.05) is 7.11 Å². The van der Waals surface area contributed by atoms with Crippen LogP contribution in [0.5, 0.6) is 0 Å². The molecular formula is C45H58O4. The van der Waals surface area contributed by atoms with E-state index in [0.29, 0.717) is 35.8 Å². The fourth-order valence-electron chi connectivity index (χ4n) is 12.7. The van der Waals surface area contributed by atoms with Crippen molar-refractivity contribution in [3.63, 3.8) is 0 Å². The van der Waals surface area contributed by atoms with Crippen LogP contribution in [0.15, 0.2) is 72.3 Å². The van der Waals surface area contributed by atoms with E-state index in [1.54, 1.807) is 5.57 Å². The van der Waals surface area contributed by atoms with E-state index in [1.807, 2.05) is 30.3 Å². The topological polar surface area (TPSA) is 52.6 Å². The number of rotatable bonds is 5. The molecule has 49 heavy (non-hydrogen) atoms. The van der Waals surface area contributed by atoms with Gasteiger partial charge >= 0.3 is 11.9 Å². The van der Waals surface area contributed by atoms with Gasteiger partial charge in [-0.3, -0.25) is 4.79 Å². The van der Waals surface area contributed by atoms with Crippen molar-refractivity contribution in [2.45, 2.75) is 106 Å². The highest BCUT2D eigenvalue weighted by Crippen LogP contribution is 2.76. The molecule has 5 aliphatic rings. The Kier molecular flexibility index (Phi) is 8.39. The second kappa shape index (κ2) is 12.0. The Morgan fingerprint density at radius 1 is 0.816 bits per heavy atom. The van der Waals surface area contributed by atoms with Crippen LogP contribution < -0.4 is 0 Å². The molecule has 2 aromatic rings. The van der Waals surface area contributed by atoms with Gasteiger partial charge < -0.3 is 9.47 Å². The zero-order valence-corrected chi connectivity index (χ0v) is 31.2. The second-order valence-corrected chi connectivity index (χ2v) is 18.0. The average Bonchev–Trinajstić information content (AvgIpc) is 3.09. The third kappa shape index (κ3) is 4.96. The van der Waals surface area contributed by atoms with E-state index < -0.39 is 5.41 Å². The van der Waals surface area contributed by atoms with Crippen LogP contribution in [0, 0.1) is 56.7 Å². The summed E-state index contributed by atoms with van der Waals surface area (Å²) in [6.45, 7) is 18.0. The minimum atomic E-state index is -0.426. The van der Waals surface area contributed by atoms with Crippen molar-refractivity contribution >= 4 is 17.5 Å². The first-order valence-corrected chi connectivity index (χ1v) is 19.0. The van der Waals surface area contributed by atoms with Gasteiger partial charge in [-0.05, 0) is 131 Å². The molecule has 0 saturated heterocycles. The summed E-state index contributed by atoms with van der Waals surface area (Å²) >= 11 is 0. The maximum absolute atomic E-state index is 14.4. The molecule has 0 radical (unpaired) electrons. The minimum absolute atomic E-state index is 0.00353. The van der Waals surface area contributed by atoms with Crippen molar-refractivity contribution in [1.29, 1.82) is 0 Å². The lowest BCUT2D eigenvalue weighted by molar-refractivity contribution is -0.184. The zero-order chi connectivity index (χ0) is 35.0. The molecule has 7 rings (SSSR count). The van der Waals surface area contributed by atoms with Crippen LogP contribution in [0.25, 0.3) is 5.57 Å². The summed E-state index contributed by atoms with van der Waals surface area (Å²) in [6.07, 6.45) is 13.8. The number of hydrogen-bond donors (Lipinski definition) is 0. The van der Waals surface area contributed by atoms with E-state index in [0.717, 1.165) is 44.1 Å². The Bertz CT molecular complexity index is 1670. The Hall–Kier alpha value is -3.14. The molecule has 0 heterocycles. The van der Waals surface area contributed by atoms with E-state index in [1.165, 1.54) is 31.1 Å². The molecule has 4 heteroatoms. The molecule has 3 fully saturated rings. The molecule has 2 aromatic carbocycles. The van der Waals surface area contributed by atoms with Crippen LogP contribution >= 0.6 is 0 Å². The molecule has 0 aliphatic heterocycles. The van der Waals surface area contributed by atoms with Gasteiger partial charge in [-0.25, -0.2) is 4.79 Å². The minimum Gasteiger partial charge on any atom is -0.465 e. The lowest BCUT2D eigenvalue weighted by atomic mass is 9.33. The highest BCUT2D eigenvalue weighted by atomic mass is 16.5. The number of carbonyl (C=O) groups is 2. The number of allylic oxidation sites excluding steroid dienone is 4. The van der Waals surface area contributed by atoms with Gasteiger partial charge in [-0.2, -0.15) is 0 Å². The summed E-state index contributed by atoms with van der Waals surface area (Å²) in [5.74, 6) is 2.15. The van der Waals surface area contributed by atoms with E-state index in [4.69, 9.17) is 9.47 Å². The first-order chi connectivity index (χ1) is 23.2. The molecule has 5 aliphatic carbocycles. The summed E-state index contributed by atoms with van der Waals surface area (Å²) < 4.78 is 11.2. The van der Waals surface area contributed by atoms with E-state index in [-0.39, 0.29) is 39.5 Å². The lowest BCUT2D eigenvalue weighted by Crippen LogP contribution is -2.64. The van der Waals surface area contributed by atoms with E-state index in [9.17, 15) is 9.59 Å². The highest BCUT2D eigenvalue weighted by molar-refractivity contribution is 5.90. The molecule has 0 spiro atoms. The fraction of sp³-hybridized carbons (Fsp3) is 0.600. The van der Waals surface area contributed by atoms with Crippen molar-refractivity contribution in [1.82, 2.24) is 0 Å². The largest absolute Gasteiger partial charge is 0.465 e. The predicted octanol–water partition coefficient (Wildman–Crippen LogP) is 10.9. The normalized spacial score (nSPS) is 39.1. The van der Waals surface area contributed by atoms with Crippen molar-refractivity contribution in [3.8, 4) is 0 Å². The Morgan fingerprint density at radius 3 is 2.22 bits per heavy atom. The molecule has 0 aromatic heterocycles. The van der Waals surface area contributed by atoms with Gasteiger partial charge in [-0.1, -0.05) is 109 Å². The number of fused-ring (bicyclic) bond motifs is 7. The SMILES string of the molecule is COC(=O)c1ccc(C2=CCC3(C)C(CCC4(C)C3CC=C3C5C(C)C(C)CCC5(C(=O)OCc5ccccc5)CCC34C)C2(C)C)cc1. The Balaban J connectivity index is 1.22. The summed E-state index contributed by atoms with van der Waals surface area (Å²) in [7, 11) is 1.44. The average molecular weight is 663 g/mol. The predicted molar refractivity (Wildman–Crippen MR) is 196 cm³/mol. The van der Waals surface area contributed by atoms with Crippen molar-refractivity contribution in [3.05, 3.63) is 89.0 Å². The van der Waals surface area contributed by atoms with Gasteiger partial charge in [-0.15, -0.1) is 0 Å². The molecule has 4 nitrogen and oxygen atoms in total. The standard InChI is InChI=1S/C45H58O4/c1-29-20-25-45(40(47)49-28-31-12-10-9-11-13-31)27-26-43(6)35(38(45)30(29)2)18-19-37-42(5)23-21-34(32-14-16-33(17-15-32)39(46)48-8)41(3,4)36(42)22-24-44(37,43)7/h9-18,21,29-30,36-38H,19-20,22-28H2,1-8H3. The highest BCUT2D eigenvalue weighted by Gasteiger charge is 2.69. The molecule has 0 amide bonds. The van der Waals surface area contributed by atoms with Crippen molar-refractivity contribution in [2.24, 2.45) is 56.7 Å². The number of benzene rings is 2. The lowest BCUT2D eigenvalue weighted by Gasteiger charge is -2.70. The van der Waals surface area contributed by atoms with Crippen LogP contribution in [0.1, 0.15) is 121 Å². The Morgan fingerprint density at radius 2 is 1.53 bits per heavy atom. The van der Waals surface area contributed by atoms with Crippen LogP contribution in [0.3, 0.4) is 0 Å². The monoisotopic (exact) mass is 662 g/mol. The second-order valence-electron chi connectivity index (χ2n) is 18.0. The van der Waals surface area contributed by atoms with Crippen LogP contribution in [0.2, 0.25) is 0 Å². The van der Waals surface area contributed by atoms with Gasteiger partial charge in [0.25, 0.3) is 0 Å². The molecule has 9 unspecified atom stereocenters. The van der Waals surface area contributed by atoms with Gasteiger partial charge in [0.2, 0.25) is 0 Å². The van der Waals surface area contributed by atoms with Crippen LogP contribution in [-0.4, -0.2) is 19.0 Å². The number of methoxy groups -OCH3 is 1. The first-order valence-electron chi connectivity index (χ1n) is 19.0. The molecule has 9 atom stereocenters. The van der Waals surface area contributed by atoms with Crippen LogP contribution in [-0.2, 0) is 20.9 Å². The number of carbonyl (C=O) groups excluding carboxylic acids is 2. The van der Waals surface area contributed by atoms with Crippen LogP contribution in [0.4, 0.5) is 0 Å². The van der Waals surface area contributed by atoms with Gasteiger partial charge in [0.05, 0.1) is 18.1 Å². The van der Waals surface area contributed by atoms with Gasteiger partial charge in [0.1, 0.15) is 6.61 Å². The number of hydrogen-bond acceptors (Lipinski definition) is 4. The third-order valence-electron chi connectivity index (χ3n) is 15.8. The molecule has 3 saturated carbocycles. The smallest absolute Gasteiger partial charge is 0.337 e. The summed E-state index contributed by atoms with van der Waals surface area (Å²) in [5, 5.41) is 0. The molecule has 0 N–H and O–H groups in total. The maximum Gasteiger partial charge on any atom is 0.337 e. The van der Waals surface area contributed by atoms with E-state index in [2.05, 4.69) is 84.9 Å². The number of esters is 2. The summed E-state index contributed by atoms with van der Waals surface area (Å²) in [6, 6.07) is 18.2. The Labute approximate surface area is 295 Å². The van der Waals surface area contributed by atoms with Crippen molar-refractivity contribution < 1.29 is 19.1 Å². The first kappa shape index (κ1) is 34.3. The molecule has 262 valence electrons. The van der Waals surface area contributed by atoms with E-state index >= 15 is 0 Å². The zero-order valence-electron chi connectivity index (χ0n) is 31.2.